The van der Waals surface area contributed by atoms with Crippen LogP contribution < -0.4 is 227 Å². The zero-order chi connectivity index (χ0) is 73.0. The van der Waals surface area contributed by atoms with Crippen molar-refractivity contribution in [3.8, 4) is 0 Å². The molecule has 12 rings (SSSR count). The van der Waals surface area contributed by atoms with E-state index in [-0.39, 0.29) is 251 Å². The number of amides is 4. The Balaban J connectivity index is 0.000000599. The Bertz CT molecular complexity index is 4040. The summed E-state index contributed by atoms with van der Waals surface area (Å²) in [5, 5.41) is 25.6. The minimum Gasteiger partial charge on any atom is -0.470 e. The standard InChI is InChI=1S/C15H14NO.C14H12NO.C13H9ClNO.C13H10NO.4C7H10NO.4K/c1-2-12-8-10-13(11-9-12)15(17)16-14-6-4-3-5-7-14;1-11-7-9-12(10-8-11)14(16)15-13-5-3-2-4-6-13;14-12-9-5-4-8-11(12)13(16)15-10-6-2-1-3-7-10;15-13(11-7-3-1-4-8-11)14-12-9-5-2-6-10-12;4*1-7(2,3)6-4-5-8-9-6;;;;/h4-11H,2H2,1H3,(H,16,17);3-10H,1H3,(H,15,16);2-9H,(H,15,16);1,3-10H,(H,14,15);4*4H,1-3H3;;;;/q8*-1;4*+1. The number of aryl methyl sites for hydroxylation is 2. The molecule has 0 bridgehead atoms. The number of halogens is 1. The van der Waals surface area contributed by atoms with Gasteiger partial charge in [-0.1, -0.05) is 185 Å². The van der Waals surface area contributed by atoms with E-state index in [2.05, 4.69) is 181 Å². The van der Waals surface area contributed by atoms with Gasteiger partial charge in [-0.3, -0.25) is 19.2 Å². The molecule has 21 heteroatoms. The van der Waals surface area contributed by atoms with Gasteiger partial charge in [0.1, 0.15) is 0 Å². The number of rotatable bonds is 9. The number of aromatic nitrogens is 4. The molecule has 0 aliphatic rings. The van der Waals surface area contributed by atoms with Crippen molar-refractivity contribution in [3.63, 3.8) is 0 Å². The third-order valence-electron chi connectivity index (χ3n) is 13.5. The van der Waals surface area contributed by atoms with Crippen molar-refractivity contribution in [1.82, 2.24) is 20.6 Å². The summed E-state index contributed by atoms with van der Waals surface area (Å²) in [6, 6.07) is 78.4. The van der Waals surface area contributed by atoms with E-state index < -0.39 is 0 Å². The Hall–Kier alpha value is -4.68. The first-order valence-electron chi connectivity index (χ1n) is 32.0. The van der Waals surface area contributed by atoms with Crippen molar-refractivity contribution in [3.05, 3.63) is 335 Å². The van der Waals surface area contributed by atoms with Gasteiger partial charge in [-0.2, -0.15) is 97.1 Å². The van der Waals surface area contributed by atoms with Gasteiger partial charge in [-0.25, -0.2) is 20.6 Å². The summed E-state index contributed by atoms with van der Waals surface area (Å²) in [4.78, 5) is 47.2. The number of carbonyl (C=O) groups is 4. The Morgan fingerprint density at radius 2 is 0.615 bits per heavy atom. The quantitative estimate of drug-likeness (QED) is 0.0812. The fourth-order valence-electron chi connectivity index (χ4n) is 7.68. The molecule has 0 unspecified atom stereocenters. The first-order valence-corrected chi connectivity index (χ1v) is 32.4. The van der Waals surface area contributed by atoms with Crippen molar-refractivity contribution in [2.75, 3.05) is 21.3 Å². The maximum atomic E-state index is 11.9. The molecule has 8 aromatic carbocycles. The van der Waals surface area contributed by atoms with E-state index in [9.17, 15) is 19.2 Å². The molecule has 4 amide bonds. The SMILES string of the molecule is CC(C)(C)c1c[c-]no1.CC(C)(C)c1c[c-]no1.CC(C)(C)c1c[c-]no1.CC(C)(C)c1c[c-]no1.CCc1ccc(C(=O)Nc2cc[c-]cc2)cc1.Cc1ccc(C(=O)Nc2cc[c-]cc2)cc1.O=C(Nc1cc[c-]cc1)c1ccccc1.O=C(Nc1cc[c-]cc1)c1ccccc1Cl.[K+].[K+].[K+].[K+]. The van der Waals surface area contributed by atoms with Gasteiger partial charge in [0.15, 0.2) is 0 Å². The van der Waals surface area contributed by atoms with Gasteiger partial charge in [0.05, 0.1) is 10.6 Å². The van der Waals surface area contributed by atoms with Crippen molar-refractivity contribution < 1.29 is 243 Å². The molecule has 104 heavy (non-hydrogen) atoms. The number of nitrogens with zero attached hydrogens (tertiary/aromatic N) is 4. The molecule has 0 saturated heterocycles. The number of anilines is 4. The van der Waals surface area contributed by atoms with Crippen molar-refractivity contribution in [2.24, 2.45) is 0 Å². The van der Waals surface area contributed by atoms with Crippen LogP contribution in [0.5, 0.6) is 0 Å². The summed E-state index contributed by atoms with van der Waals surface area (Å²) >= 11 is 5.92. The first kappa shape index (κ1) is 97.3. The average Bonchev–Trinajstić information content (AvgIpc) is 1.55. The predicted octanol–water partition coefficient (Wildman–Crippen LogP) is 7.59. The van der Waals surface area contributed by atoms with Crippen molar-refractivity contribution >= 4 is 58.0 Å². The Labute approximate surface area is 789 Å². The Kier molecular flexibility index (Phi) is 48.3. The van der Waals surface area contributed by atoms with Gasteiger partial charge < -0.3 is 39.4 Å². The molecule has 16 nitrogen and oxygen atoms in total. The van der Waals surface area contributed by atoms with Crippen LogP contribution in [0.4, 0.5) is 22.7 Å². The molecule has 0 aliphatic carbocycles. The van der Waals surface area contributed by atoms with E-state index in [0.29, 0.717) is 27.3 Å². The number of nitrogens with one attached hydrogen (secondary N) is 4. The number of hydrogen-bond donors (Lipinski definition) is 4. The van der Waals surface area contributed by atoms with Crippen LogP contribution in [0, 0.1) is 56.0 Å². The second-order valence-electron chi connectivity index (χ2n) is 26.0. The molecule has 4 heterocycles. The summed E-state index contributed by atoms with van der Waals surface area (Å²) in [5.41, 5.74) is 8.17. The number of carbonyl (C=O) groups excluding carboxylic acids is 4. The fourth-order valence-corrected chi connectivity index (χ4v) is 7.90. The molecule has 0 saturated carbocycles. The zero-order valence-corrected chi connectivity index (χ0v) is 76.3. The summed E-state index contributed by atoms with van der Waals surface area (Å²) in [5.74, 6) is 3.03. The minimum absolute atomic E-state index is 0. The Morgan fingerprint density at radius 3 is 0.865 bits per heavy atom. The van der Waals surface area contributed by atoms with Gasteiger partial charge in [-0.15, -0.1) is 73.3 Å². The van der Waals surface area contributed by atoms with Gasteiger partial charge >= 0.3 is 206 Å². The average molecular weight is 1510 g/mol. The van der Waals surface area contributed by atoms with E-state index in [4.69, 9.17) is 29.7 Å². The van der Waals surface area contributed by atoms with Crippen LogP contribution in [-0.4, -0.2) is 44.3 Å². The van der Waals surface area contributed by atoms with E-state index >= 15 is 0 Å². The van der Waals surface area contributed by atoms with Crippen molar-refractivity contribution in [1.29, 1.82) is 0 Å². The molecule has 12 aromatic rings. The third-order valence-corrected chi connectivity index (χ3v) is 13.9. The van der Waals surface area contributed by atoms with Gasteiger partial charge in [0.25, 0.3) is 23.6 Å². The largest absolute Gasteiger partial charge is 1.00 e. The molecule has 0 fully saturated rings. The topological polar surface area (TPSA) is 221 Å². The van der Waals surface area contributed by atoms with Crippen LogP contribution in [0.3, 0.4) is 0 Å². The number of hydrogen-bond acceptors (Lipinski definition) is 12. The predicted molar refractivity (Wildman–Crippen MR) is 394 cm³/mol. The summed E-state index contributed by atoms with van der Waals surface area (Å²) in [6.45, 7) is 28.9. The van der Waals surface area contributed by atoms with Crippen LogP contribution in [0.25, 0.3) is 0 Å². The zero-order valence-electron chi connectivity index (χ0n) is 63.0. The third kappa shape index (κ3) is 38.9. The molecule has 0 atom stereocenters. The molecular weight excluding hydrogens is 1430 g/mol. The maximum absolute atomic E-state index is 11.9. The van der Waals surface area contributed by atoms with Crippen LogP contribution in [0.2, 0.25) is 5.02 Å². The molecule has 4 aromatic heterocycles. The molecular formula is C83H85ClK4N8O8-4. The smallest absolute Gasteiger partial charge is 0.470 e. The van der Waals surface area contributed by atoms with Gasteiger partial charge in [-0.05, 0) is 112 Å². The van der Waals surface area contributed by atoms with Crippen LogP contribution in [0.15, 0.2) is 243 Å². The van der Waals surface area contributed by atoms with E-state index in [1.54, 1.807) is 133 Å². The molecule has 0 spiro atoms. The van der Waals surface area contributed by atoms with Crippen LogP contribution >= 0.6 is 11.6 Å². The van der Waals surface area contributed by atoms with Crippen LogP contribution in [0.1, 0.15) is 166 Å². The Morgan fingerprint density at radius 1 is 0.356 bits per heavy atom. The molecule has 0 radical (unpaired) electrons. The minimum atomic E-state index is -0.211. The first-order chi connectivity index (χ1) is 47.6. The maximum Gasteiger partial charge on any atom is 1.00 e. The van der Waals surface area contributed by atoms with E-state index in [1.165, 1.54) is 5.56 Å². The normalized spacial score (nSPS) is 10.1. The second kappa shape index (κ2) is 51.6. The van der Waals surface area contributed by atoms with Gasteiger partial charge in [0, 0.05) is 16.7 Å². The molecule has 0 aliphatic heterocycles. The monoisotopic (exact) mass is 1510 g/mol. The molecule has 4 N–H and O–H groups in total. The van der Waals surface area contributed by atoms with E-state index in [1.807, 2.05) is 97.9 Å². The summed E-state index contributed by atoms with van der Waals surface area (Å²) < 4.78 is 19.6. The summed E-state index contributed by atoms with van der Waals surface area (Å²) in [7, 11) is 0. The number of benzene rings is 8. The second-order valence-corrected chi connectivity index (χ2v) is 26.4. The van der Waals surface area contributed by atoms with E-state index in [0.717, 1.165) is 57.8 Å². The van der Waals surface area contributed by atoms with Crippen molar-refractivity contribution in [2.45, 2.75) is 125 Å². The fraction of sp³-hybridized carbons (Fsp3) is 0.229. The molecule has 520 valence electrons. The van der Waals surface area contributed by atoms with Gasteiger partial charge in [0.2, 0.25) is 0 Å². The van der Waals surface area contributed by atoms with Crippen LogP contribution in [-0.2, 0) is 28.1 Å². The summed E-state index contributed by atoms with van der Waals surface area (Å²) in [6.07, 6.45) is 11.5.